The highest BCUT2D eigenvalue weighted by molar-refractivity contribution is 5.97. The summed E-state index contributed by atoms with van der Waals surface area (Å²) in [5.41, 5.74) is 0.591. The molecule has 104 valence electrons. The molecule has 1 unspecified atom stereocenters. The molecule has 1 aromatic rings. The Morgan fingerprint density at radius 3 is 2.95 bits per heavy atom. The first-order chi connectivity index (χ1) is 9.20. The quantitative estimate of drug-likeness (QED) is 0.741. The molecule has 0 spiro atoms. The lowest BCUT2D eigenvalue weighted by molar-refractivity contribution is 0.0897. The number of rotatable bonds is 6. The van der Waals surface area contributed by atoms with E-state index in [0.29, 0.717) is 29.8 Å². The Morgan fingerprint density at radius 2 is 2.32 bits per heavy atom. The average molecular weight is 264 g/mol. The summed E-state index contributed by atoms with van der Waals surface area (Å²) in [6.07, 6.45) is 3.38. The first kappa shape index (κ1) is 13.9. The van der Waals surface area contributed by atoms with E-state index in [0.717, 1.165) is 25.9 Å². The second-order valence-corrected chi connectivity index (χ2v) is 4.69. The fraction of sp³-hybridized carbons (Fsp3) is 0.533. The van der Waals surface area contributed by atoms with Gasteiger partial charge in [-0.05, 0) is 31.9 Å². The van der Waals surface area contributed by atoms with Gasteiger partial charge in [-0.15, -0.1) is 0 Å². The Bertz CT molecular complexity index is 436. The molecule has 0 aromatic heterocycles. The molecule has 1 saturated heterocycles. The van der Waals surface area contributed by atoms with Crippen molar-refractivity contribution >= 4 is 5.78 Å². The summed E-state index contributed by atoms with van der Waals surface area (Å²) in [4.78, 5) is 11.5. The summed E-state index contributed by atoms with van der Waals surface area (Å²) in [5, 5.41) is 0. The maximum Gasteiger partial charge on any atom is 0.163 e. The minimum atomic E-state index is -0.00484. The Hall–Kier alpha value is -1.55. The van der Waals surface area contributed by atoms with Gasteiger partial charge in [-0.3, -0.25) is 4.79 Å². The largest absolute Gasteiger partial charge is 0.497 e. The van der Waals surface area contributed by atoms with E-state index >= 15 is 0 Å². The van der Waals surface area contributed by atoms with Crippen molar-refractivity contribution < 1.29 is 19.0 Å². The van der Waals surface area contributed by atoms with Crippen LogP contribution in [-0.4, -0.2) is 32.2 Å². The molecule has 4 nitrogen and oxygen atoms in total. The van der Waals surface area contributed by atoms with Gasteiger partial charge in [0.2, 0.25) is 0 Å². The van der Waals surface area contributed by atoms with Crippen LogP contribution in [0.15, 0.2) is 18.2 Å². The zero-order chi connectivity index (χ0) is 13.7. The van der Waals surface area contributed by atoms with Crippen molar-refractivity contribution in [1.82, 2.24) is 0 Å². The summed E-state index contributed by atoms with van der Waals surface area (Å²) in [5.74, 6) is 1.27. The smallest absolute Gasteiger partial charge is 0.163 e. The van der Waals surface area contributed by atoms with Crippen LogP contribution in [-0.2, 0) is 4.74 Å². The molecular formula is C15H20O4. The first-order valence-corrected chi connectivity index (χ1v) is 6.64. The molecule has 1 aliphatic heterocycles. The summed E-state index contributed by atoms with van der Waals surface area (Å²) in [6.45, 7) is 2.94. The zero-order valence-corrected chi connectivity index (χ0v) is 11.5. The normalized spacial score (nSPS) is 18.3. The fourth-order valence-electron chi connectivity index (χ4n) is 2.21. The minimum absolute atomic E-state index is 0.00484. The Labute approximate surface area is 113 Å². The van der Waals surface area contributed by atoms with Gasteiger partial charge in [0.1, 0.15) is 11.5 Å². The number of hydrogen-bond acceptors (Lipinski definition) is 4. The van der Waals surface area contributed by atoms with Crippen molar-refractivity contribution in [2.75, 3.05) is 20.3 Å². The van der Waals surface area contributed by atoms with Crippen LogP contribution in [0.2, 0.25) is 0 Å². The van der Waals surface area contributed by atoms with E-state index in [-0.39, 0.29) is 5.78 Å². The monoisotopic (exact) mass is 264 g/mol. The Morgan fingerprint density at radius 1 is 1.47 bits per heavy atom. The molecule has 1 fully saturated rings. The van der Waals surface area contributed by atoms with Crippen molar-refractivity contribution in [3.8, 4) is 11.5 Å². The third-order valence-corrected chi connectivity index (χ3v) is 3.29. The van der Waals surface area contributed by atoms with Crippen molar-refractivity contribution in [2.24, 2.45) is 0 Å². The molecular weight excluding hydrogens is 244 g/mol. The van der Waals surface area contributed by atoms with Crippen LogP contribution >= 0.6 is 0 Å². The van der Waals surface area contributed by atoms with Gasteiger partial charge in [-0.1, -0.05) is 0 Å². The van der Waals surface area contributed by atoms with Gasteiger partial charge in [-0.25, -0.2) is 0 Å². The average Bonchev–Trinajstić information content (AvgIpc) is 2.91. The molecule has 0 radical (unpaired) electrons. The highest BCUT2D eigenvalue weighted by atomic mass is 16.5. The number of ether oxygens (including phenoxy) is 3. The van der Waals surface area contributed by atoms with E-state index in [1.807, 2.05) is 0 Å². The summed E-state index contributed by atoms with van der Waals surface area (Å²) < 4.78 is 16.4. The summed E-state index contributed by atoms with van der Waals surface area (Å²) >= 11 is 0. The number of carbonyl (C=O) groups is 1. The highest BCUT2D eigenvalue weighted by Crippen LogP contribution is 2.26. The van der Waals surface area contributed by atoms with Crippen LogP contribution in [0.3, 0.4) is 0 Å². The molecule has 4 heteroatoms. The van der Waals surface area contributed by atoms with Crippen molar-refractivity contribution in [1.29, 1.82) is 0 Å². The van der Waals surface area contributed by atoms with Crippen molar-refractivity contribution in [3.05, 3.63) is 23.8 Å². The number of Topliss-reactive ketones (excluding diaryl/α,β-unsaturated/α-hetero) is 1. The van der Waals surface area contributed by atoms with Crippen LogP contribution in [0.1, 0.15) is 36.5 Å². The van der Waals surface area contributed by atoms with Gasteiger partial charge in [-0.2, -0.15) is 0 Å². The van der Waals surface area contributed by atoms with Gasteiger partial charge in [0, 0.05) is 19.1 Å². The first-order valence-electron chi connectivity index (χ1n) is 6.64. The van der Waals surface area contributed by atoms with E-state index in [2.05, 4.69) is 0 Å². The van der Waals surface area contributed by atoms with Crippen LogP contribution in [0.25, 0.3) is 0 Å². The maximum absolute atomic E-state index is 11.5. The van der Waals surface area contributed by atoms with Crippen molar-refractivity contribution in [2.45, 2.75) is 32.3 Å². The predicted molar refractivity (Wildman–Crippen MR) is 72.1 cm³/mol. The molecule has 0 amide bonds. The lowest BCUT2D eigenvalue weighted by Crippen LogP contribution is -2.12. The summed E-state index contributed by atoms with van der Waals surface area (Å²) in [6, 6.07) is 5.26. The molecule has 1 atom stereocenters. The van der Waals surface area contributed by atoms with Gasteiger partial charge in [0.25, 0.3) is 0 Å². The molecule has 1 heterocycles. The number of methoxy groups -OCH3 is 1. The van der Waals surface area contributed by atoms with E-state index in [9.17, 15) is 4.79 Å². The molecule has 1 aromatic carbocycles. The number of ketones is 1. The predicted octanol–water partition coefficient (Wildman–Crippen LogP) is 2.85. The number of benzene rings is 1. The molecule has 0 bridgehead atoms. The van der Waals surface area contributed by atoms with E-state index < -0.39 is 0 Å². The zero-order valence-electron chi connectivity index (χ0n) is 11.5. The van der Waals surface area contributed by atoms with Gasteiger partial charge < -0.3 is 14.2 Å². The second kappa shape index (κ2) is 6.57. The highest BCUT2D eigenvalue weighted by Gasteiger charge is 2.16. The van der Waals surface area contributed by atoms with Gasteiger partial charge in [0.15, 0.2) is 5.78 Å². The van der Waals surface area contributed by atoms with Crippen LogP contribution in [0.4, 0.5) is 0 Å². The fourth-order valence-corrected chi connectivity index (χ4v) is 2.21. The third kappa shape index (κ3) is 3.70. The van der Waals surface area contributed by atoms with E-state index in [1.165, 1.54) is 6.92 Å². The minimum Gasteiger partial charge on any atom is -0.497 e. The molecule has 0 aliphatic carbocycles. The summed E-state index contributed by atoms with van der Waals surface area (Å²) in [7, 11) is 1.60. The molecule has 0 N–H and O–H groups in total. The number of carbonyl (C=O) groups excluding carboxylic acids is 1. The topological polar surface area (TPSA) is 44.8 Å². The standard InChI is InChI=1S/C15H20O4/c1-11(16)14-6-5-13(17-2)10-15(14)19-9-7-12-4-3-8-18-12/h5-6,10,12H,3-4,7-9H2,1-2H3. The maximum atomic E-state index is 11.5. The lowest BCUT2D eigenvalue weighted by Gasteiger charge is -2.13. The van der Waals surface area contributed by atoms with Crippen molar-refractivity contribution in [3.63, 3.8) is 0 Å². The van der Waals surface area contributed by atoms with Crippen LogP contribution < -0.4 is 9.47 Å². The SMILES string of the molecule is COc1ccc(C(C)=O)c(OCCC2CCCO2)c1. The van der Waals surface area contributed by atoms with Gasteiger partial charge >= 0.3 is 0 Å². The number of hydrogen-bond donors (Lipinski definition) is 0. The van der Waals surface area contributed by atoms with Gasteiger partial charge in [0.05, 0.1) is 25.4 Å². The lowest BCUT2D eigenvalue weighted by atomic mass is 10.1. The van der Waals surface area contributed by atoms with Crippen LogP contribution in [0, 0.1) is 0 Å². The molecule has 1 aliphatic rings. The van der Waals surface area contributed by atoms with E-state index in [1.54, 1.807) is 25.3 Å². The third-order valence-electron chi connectivity index (χ3n) is 3.29. The van der Waals surface area contributed by atoms with Crippen LogP contribution in [0.5, 0.6) is 11.5 Å². The molecule has 2 rings (SSSR count). The molecule has 19 heavy (non-hydrogen) atoms. The second-order valence-electron chi connectivity index (χ2n) is 4.69. The Kier molecular flexibility index (Phi) is 4.80. The van der Waals surface area contributed by atoms with E-state index in [4.69, 9.17) is 14.2 Å². The molecule has 0 saturated carbocycles. The Balaban J connectivity index is 1.98.